The van der Waals surface area contributed by atoms with Crippen molar-refractivity contribution in [1.82, 2.24) is 0 Å². The number of nitrogens with one attached hydrogen (secondary N) is 1. The lowest BCUT2D eigenvalue weighted by Crippen LogP contribution is -2.14. The number of halogens is 1. The molecule has 0 saturated heterocycles. The van der Waals surface area contributed by atoms with Gasteiger partial charge >= 0.3 is 0 Å². The van der Waals surface area contributed by atoms with Crippen LogP contribution in [-0.4, -0.2) is 12.5 Å². The minimum Gasteiger partial charge on any atom is -0.493 e. The molecule has 0 bridgehead atoms. The largest absolute Gasteiger partial charge is 0.493 e. The maximum Gasteiger partial charge on any atom is 0.259 e. The molecule has 0 aliphatic heterocycles. The number of carbonyl (C=O) groups is 1. The molecule has 0 aromatic heterocycles. The summed E-state index contributed by atoms with van der Waals surface area (Å²) >= 11 is 3.38. The van der Waals surface area contributed by atoms with Crippen molar-refractivity contribution in [3.63, 3.8) is 0 Å². The van der Waals surface area contributed by atoms with E-state index in [0.29, 0.717) is 29.2 Å². The molecule has 1 N–H and O–H groups in total. The molecule has 0 spiro atoms. The SMILES string of the molecule is CCCCOc1ccc(Br)cc1C(=O)Nc1ccc(C#N)cc1. The number of hydrogen-bond donors (Lipinski definition) is 1. The highest BCUT2D eigenvalue weighted by Crippen LogP contribution is 2.25. The summed E-state index contributed by atoms with van der Waals surface area (Å²) in [6.07, 6.45) is 1.97. The molecule has 0 atom stereocenters. The molecule has 118 valence electrons. The lowest BCUT2D eigenvalue weighted by molar-refractivity contribution is 0.102. The van der Waals surface area contributed by atoms with Gasteiger partial charge < -0.3 is 10.1 Å². The number of carbonyl (C=O) groups excluding carboxylic acids is 1. The molecular weight excluding hydrogens is 356 g/mol. The van der Waals surface area contributed by atoms with Crippen LogP contribution < -0.4 is 10.1 Å². The van der Waals surface area contributed by atoms with Gasteiger partial charge in [-0.25, -0.2) is 0 Å². The molecule has 5 heteroatoms. The molecule has 0 aliphatic rings. The fourth-order valence-corrected chi connectivity index (χ4v) is 2.32. The van der Waals surface area contributed by atoms with Crippen molar-refractivity contribution in [3.8, 4) is 11.8 Å². The molecule has 2 aromatic rings. The molecule has 23 heavy (non-hydrogen) atoms. The van der Waals surface area contributed by atoms with Crippen LogP contribution in [0.15, 0.2) is 46.9 Å². The third-order valence-electron chi connectivity index (χ3n) is 3.21. The summed E-state index contributed by atoms with van der Waals surface area (Å²) in [5, 5.41) is 11.6. The Morgan fingerprint density at radius 3 is 2.65 bits per heavy atom. The van der Waals surface area contributed by atoms with Crippen molar-refractivity contribution < 1.29 is 9.53 Å². The van der Waals surface area contributed by atoms with E-state index < -0.39 is 0 Å². The van der Waals surface area contributed by atoms with Gasteiger partial charge in [0.2, 0.25) is 0 Å². The summed E-state index contributed by atoms with van der Waals surface area (Å²) in [6.45, 7) is 2.67. The van der Waals surface area contributed by atoms with E-state index in [2.05, 4.69) is 28.2 Å². The molecule has 1 amide bonds. The second-order valence-electron chi connectivity index (χ2n) is 4.99. The number of anilines is 1. The second kappa shape index (κ2) is 8.35. The van der Waals surface area contributed by atoms with Gasteiger partial charge in [-0.3, -0.25) is 4.79 Å². The molecule has 0 fully saturated rings. The number of ether oxygens (including phenoxy) is 1. The van der Waals surface area contributed by atoms with Crippen LogP contribution in [0.25, 0.3) is 0 Å². The van der Waals surface area contributed by atoms with Crippen molar-refractivity contribution in [3.05, 3.63) is 58.1 Å². The summed E-state index contributed by atoms with van der Waals surface area (Å²) in [4.78, 5) is 12.5. The fourth-order valence-electron chi connectivity index (χ4n) is 1.96. The van der Waals surface area contributed by atoms with Crippen LogP contribution in [0.2, 0.25) is 0 Å². The van der Waals surface area contributed by atoms with Gasteiger partial charge in [0.05, 0.1) is 23.8 Å². The number of amides is 1. The zero-order chi connectivity index (χ0) is 16.7. The van der Waals surface area contributed by atoms with Crippen molar-refractivity contribution >= 4 is 27.5 Å². The van der Waals surface area contributed by atoms with E-state index in [4.69, 9.17) is 10.00 Å². The van der Waals surface area contributed by atoms with E-state index in [1.54, 1.807) is 36.4 Å². The Labute approximate surface area is 144 Å². The molecule has 0 saturated carbocycles. The number of hydrogen-bond acceptors (Lipinski definition) is 3. The Hall–Kier alpha value is -2.32. The van der Waals surface area contributed by atoms with Crippen LogP contribution in [0.1, 0.15) is 35.7 Å². The minimum absolute atomic E-state index is 0.248. The summed E-state index contributed by atoms with van der Waals surface area (Å²) in [5.41, 5.74) is 1.65. The normalized spacial score (nSPS) is 9.96. The van der Waals surface area contributed by atoms with Crippen molar-refractivity contribution in [2.45, 2.75) is 19.8 Å². The number of unbranched alkanes of at least 4 members (excludes halogenated alkanes) is 1. The van der Waals surface area contributed by atoms with Gasteiger partial charge in [-0.2, -0.15) is 5.26 Å². The molecule has 0 unspecified atom stereocenters. The quantitative estimate of drug-likeness (QED) is 0.743. The van der Waals surface area contributed by atoms with Gasteiger partial charge in [0.15, 0.2) is 0 Å². The zero-order valence-corrected chi connectivity index (χ0v) is 14.4. The topological polar surface area (TPSA) is 62.1 Å². The molecule has 2 rings (SSSR count). The average Bonchev–Trinajstić information content (AvgIpc) is 2.57. The summed E-state index contributed by atoms with van der Waals surface area (Å²) < 4.78 is 6.51. The summed E-state index contributed by atoms with van der Waals surface area (Å²) in [6, 6.07) is 14.1. The zero-order valence-electron chi connectivity index (χ0n) is 12.8. The molecule has 0 aliphatic carbocycles. The standard InChI is InChI=1S/C18H17BrN2O2/c1-2-3-10-23-17-9-6-14(19)11-16(17)18(22)21-15-7-4-13(12-20)5-8-15/h4-9,11H,2-3,10H2,1H3,(H,21,22). The summed E-state index contributed by atoms with van der Waals surface area (Å²) in [5.74, 6) is 0.315. The van der Waals surface area contributed by atoms with E-state index in [9.17, 15) is 4.79 Å². The highest BCUT2D eigenvalue weighted by molar-refractivity contribution is 9.10. The second-order valence-corrected chi connectivity index (χ2v) is 5.90. The summed E-state index contributed by atoms with van der Waals surface area (Å²) in [7, 11) is 0. The molecule has 4 nitrogen and oxygen atoms in total. The number of nitriles is 1. The van der Waals surface area contributed by atoms with Gasteiger partial charge in [0, 0.05) is 10.2 Å². The molecule has 0 heterocycles. The predicted octanol–water partition coefficient (Wildman–Crippen LogP) is 4.75. The lowest BCUT2D eigenvalue weighted by atomic mass is 10.1. The third kappa shape index (κ3) is 4.83. The van der Waals surface area contributed by atoms with Crippen molar-refractivity contribution in [2.75, 3.05) is 11.9 Å². The van der Waals surface area contributed by atoms with Crippen LogP contribution in [-0.2, 0) is 0 Å². The van der Waals surface area contributed by atoms with Gasteiger partial charge in [-0.1, -0.05) is 29.3 Å². The highest BCUT2D eigenvalue weighted by atomic mass is 79.9. The van der Waals surface area contributed by atoms with Crippen LogP contribution >= 0.6 is 15.9 Å². The van der Waals surface area contributed by atoms with Crippen molar-refractivity contribution in [2.24, 2.45) is 0 Å². The minimum atomic E-state index is -0.248. The van der Waals surface area contributed by atoms with E-state index in [-0.39, 0.29) is 5.91 Å². The number of rotatable bonds is 6. The van der Waals surface area contributed by atoms with Gasteiger partial charge in [0.25, 0.3) is 5.91 Å². The van der Waals surface area contributed by atoms with E-state index in [0.717, 1.165) is 17.3 Å². The molecule has 2 aromatic carbocycles. The maximum absolute atomic E-state index is 12.5. The van der Waals surface area contributed by atoms with Crippen LogP contribution in [0.5, 0.6) is 5.75 Å². The van der Waals surface area contributed by atoms with Gasteiger partial charge in [-0.15, -0.1) is 0 Å². The smallest absolute Gasteiger partial charge is 0.259 e. The maximum atomic E-state index is 12.5. The fraction of sp³-hybridized carbons (Fsp3) is 0.222. The molecular formula is C18H17BrN2O2. The first kappa shape index (κ1) is 17.0. The monoisotopic (exact) mass is 372 g/mol. The average molecular weight is 373 g/mol. The Bertz CT molecular complexity index is 721. The lowest BCUT2D eigenvalue weighted by Gasteiger charge is -2.12. The van der Waals surface area contributed by atoms with Gasteiger partial charge in [0.1, 0.15) is 5.75 Å². The molecule has 0 radical (unpaired) electrons. The predicted molar refractivity (Wildman–Crippen MR) is 93.7 cm³/mol. The van der Waals surface area contributed by atoms with E-state index in [1.807, 2.05) is 12.1 Å². The first-order valence-corrected chi connectivity index (χ1v) is 8.17. The van der Waals surface area contributed by atoms with E-state index in [1.165, 1.54) is 0 Å². The first-order valence-electron chi connectivity index (χ1n) is 7.38. The Morgan fingerprint density at radius 1 is 1.26 bits per heavy atom. The third-order valence-corrected chi connectivity index (χ3v) is 3.71. The number of benzene rings is 2. The highest BCUT2D eigenvalue weighted by Gasteiger charge is 2.13. The first-order chi connectivity index (χ1) is 11.1. The van der Waals surface area contributed by atoms with Gasteiger partial charge in [-0.05, 0) is 48.9 Å². The van der Waals surface area contributed by atoms with Crippen LogP contribution in [0, 0.1) is 11.3 Å². The van der Waals surface area contributed by atoms with Crippen molar-refractivity contribution in [1.29, 1.82) is 5.26 Å². The Morgan fingerprint density at radius 2 is 2.00 bits per heavy atom. The Kier molecular flexibility index (Phi) is 6.19. The Balaban J connectivity index is 2.16. The van der Waals surface area contributed by atoms with Crippen LogP contribution in [0.4, 0.5) is 5.69 Å². The number of nitrogens with zero attached hydrogens (tertiary/aromatic N) is 1. The van der Waals surface area contributed by atoms with Crippen LogP contribution in [0.3, 0.4) is 0 Å². The van der Waals surface area contributed by atoms with E-state index >= 15 is 0 Å².